The van der Waals surface area contributed by atoms with Crippen LogP contribution in [0.4, 0.5) is 5.82 Å². The first-order valence-corrected chi connectivity index (χ1v) is 7.09. The summed E-state index contributed by atoms with van der Waals surface area (Å²) in [5, 5.41) is 0. The van der Waals surface area contributed by atoms with Crippen molar-refractivity contribution in [1.82, 2.24) is 9.88 Å². The smallest absolute Gasteiger partial charge is 0.228 e. The second kappa shape index (κ2) is 7.89. The first-order valence-electron chi connectivity index (χ1n) is 7.09. The molecule has 1 atom stereocenters. The summed E-state index contributed by atoms with van der Waals surface area (Å²) in [4.78, 5) is 20.6. The van der Waals surface area contributed by atoms with E-state index in [-0.39, 0.29) is 11.9 Å². The number of rotatable bonds is 7. The van der Waals surface area contributed by atoms with Crippen LogP contribution in [-0.4, -0.2) is 41.5 Å². The fourth-order valence-electron chi connectivity index (χ4n) is 2.20. The van der Waals surface area contributed by atoms with Gasteiger partial charge < -0.3 is 4.90 Å². The Balaban J connectivity index is 2.88. The third-order valence-corrected chi connectivity index (χ3v) is 3.32. The first kappa shape index (κ1) is 15.6. The molecule has 0 fully saturated rings. The molecule has 1 amide bonds. The van der Waals surface area contributed by atoms with Crippen LogP contribution in [0.1, 0.15) is 34.1 Å². The number of anilines is 1. The van der Waals surface area contributed by atoms with Gasteiger partial charge >= 0.3 is 0 Å². The van der Waals surface area contributed by atoms with Gasteiger partial charge in [0.1, 0.15) is 5.82 Å². The van der Waals surface area contributed by atoms with Crippen LogP contribution in [-0.2, 0) is 4.79 Å². The Morgan fingerprint density at radius 3 is 2.42 bits per heavy atom. The molecule has 0 N–H and O–H groups in total. The molecule has 0 bridgehead atoms. The van der Waals surface area contributed by atoms with Crippen LogP contribution in [0.5, 0.6) is 0 Å². The van der Waals surface area contributed by atoms with E-state index in [0.29, 0.717) is 6.42 Å². The zero-order valence-electron chi connectivity index (χ0n) is 12.5. The van der Waals surface area contributed by atoms with E-state index in [4.69, 9.17) is 0 Å². The fourth-order valence-corrected chi connectivity index (χ4v) is 2.20. The number of likely N-dealkylation sites (N-methyl/N-ethyl adjacent to an activating group) is 1. The highest BCUT2D eigenvalue weighted by Crippen LogP contribution is 2.15. The summed E-state index contributed by atoms with van der Waals surface area (Å²) in [7, 11) is 0. The summed E-state index contributed by atoms with van der Waals surface area (Å²) in [6.07, 6.45) is 2.23. The molecule has 1 rings (SSSR count). The normalized spacial score (nSPS) is 12.5. The number of pyridine rings is 1. The molecule has 19 heavy (non-hydrogen) atoms. The maximum atomic E-state index is 12.2. The SMILES string of the molecule is CCC(=O)N(c1ccccn1)C(C)CN(CC)CC. The maximum Gasteiger partial charge on any atom is 0.228 e. The molecule has 1 heterocycles. The largest absolute Gasteiger partial charge is 0.302 e. The van der Waals surface area contributed by atoms with Crippen molar-refractivity contribution in [2.45, 2.75) is 40.2 Å². The third kappa shape index (κ3) is 4.31. The average Bonchev–Trinajstić information content (AvgIpc) is 2.45. The molecule has 0 aliphatic rings. The second-order valence-electron chi connectivity index (χ2n) is 4.64. The van der Waals surface area contributed by atoms with E-state index in [1.165, 1.54) is 0 Å². The van der Waals surface area contributed by atoms with Crippen LogP contribution in [0.2, 0.25) is 0 Å². The fraction of sp³-hybridized carbons (Fsp3) is 0.600. The number of amides is 1. The average molecular weight is 263 g/mol. The molecular weight excluding hydrogens is 238 g/mol. The van der Waals surface area contributed by atoms with E-state index in [2.05, 4.69) is 30.7 Å². The lowest BCUT2D eigenvalue weighted by molar-refractivity contribution is -0.118. The molecule has 0 aromatic carbocycles. The quantitative estimate of drug-likeness (QED) is 0.758. The molecule has 1 aromatic rings. The van der Waals surface area contributed by atoms with Crippen molar-refractivity contribution >= 4 is 11.7 Å². The van der Waals surface area contributed by atoms with E-state index in [1.54, 1.807) is 6.20 Å². The molecule has 0 radical (unpaired) electrons. The van der Waals surface area contributed by atoms with Gasteiger partial charge in [0.2, 0.25) is 5.91 Å². The van der Waals surface area contributed by atoms with Gasteiger partial charge in [-0.25, -0.2) is 4.98 Å². The van der Waals surface area contributed by atoms with Crippen molar-refractivity contribution in [3.63, 3.8) is 0 Å². The summed E-state index contributed by atoms with van der Waals surface area (Å²) in [6, 6.07) is 5.81. The van der Waals surface area contributed by atoms with E-state index < -0.39 is 0 Å². The van der Waals surface area contributed by atoms with Crippen LogP contribution in [0.25, 0.3) is 0 Å². The molecule has 0 saturated heterocycles. The predicted octanol–water partition coefficient (Wildman–Crippen LogP) is 2.55. The van der Waals surface area contributed by atoms with Gasteiger partial charge in [0.05, 0.1) is 0 Å². The van der Waals surface area contributed by atoms with Gasteiger partial charge in [-0.15, -0.1) is 0 Å². The number of hydrogen-bond acceptors (Lipinski definition) is 3. The Bertz CT molecular complexity index is 376. The molecule has 1 unspecified atom stereocenters. The van der Waals surface area contributed by atoms with Gasteiger partial charge in [-0.2, -0.15) is 0 Å². The number of nitrogens with zero attached hydrogens (tertiary/aromatic N) is 3. The predicted molar refractivity (Wildman–Crippen MR) is 79.3 cm³/mol. The zero-order valence-corrected chi connectivity index (χ0v) is 12.5. The molecule has 4 heteroatoms. The van der Waals surface area contributed by atoms with Gasteiger partial charge in [0.15, 0.2) is 0 Å². The van der Waals surface area contributed by atoms with Crippen LogP contribution in [0.3, 0.4) is 0 Å². The summed E-state index contributed by atoms with van der Waals surface area (Å²) in [6.45, 7) is 11.1. The Morgan fingerprint density at radius 1 is 1.26 bits per heavy atom. The summed E-state index contributed by atoms with van der Waals surface area (Å²) < 4.78 is 0. The Morgan fingerprint density at radius 2 is 1.95 bits per heavy atom. The van der Waals surface area contributed by atoms with Gasteiger partial charge in [-0.05, 0) is 32.1 Å². The summed E-state index contributed by atoms with van der Waals surface area (Å²) in [5.41, 5.74) is 0. The Hall–Kier alpha value is -1.42. The minimum absolute atomic E-state index is 0.123. The van der Waals surface area contributed by atoms with Crippen molar-refractivity contribution in [2.75, 3.05) is 24.5 Å². The van der Waals surface area contributed by atoms with Crippen molar-refractivity contribution < 1.29 is 4.79 Å². The molecule has 0 saturated carbocycles. The maximum absolute atomic E-state index is 12.2. The number of aromatic nitrogens is 1. The van der Waals surface area contributed by atoms with Gasteiger partial charge in [-0.3, -0.25) is 9.69 Å². The standard InChI is InChI=1S/C15H25N3O/c1-5-15(19)18(14-10-8-9-11-16-14)13(4)12-17(6-2)7-3/h8-11,13H,5-7,12H2,1-4H3. The number of hydrogen-bond donors (Lipinski definition) is 0. The summed E-state index contributed by atoms with van der Waals surface area (Å²) >= 11 is 0. The van der Waals surface area contributed by atoms with Crippen molar-refractivity contribution in [1.29, 1.82) is 0 Å². The summed E-state index contributed by atoms with van der Waals surface area (Å²) in [5.74, 6) is 0.868. The minimum atomic E-state index is 0.123. The topological polar surface area (TPSA) is 36.4 Å². The first-order chi connectivity index (χ1) is 9.13. The molecule has 1 aromatic heterocycles. The van der Waals surface area contributed by atoms with Crippen LogP contribution < -0.4 is 4.90 Å². The molecule has 106 valence electrons. The van der Waals surface area contributed by atoms with E-state index in [9.17, 15) is 4.79 Å². The van der Waals surface area contributed by atoms with Crippen LogP contribution in [0.15, 0.2) is 24.4 Å². The molecular formula is C15H25N3O. The lowest BCUT2D eigenvalue weighted by atomic mass is 10.2. The third-order valence-electron chi connectivity index (χ3n) is 3.32. The second-order valence-corrected chi connectivity index (χ2v) is 4.64. The van der Waals surface area contributed by atoms with Crippen molar-refractivity contribution in [3.8, 4) is 0 Å². The molecule has 0 aliphatic heterocycles. The Labute approximate surface area is 116 Å². The van der Waals surface area contributed by atoms with Crippen LogP contribution >= 0.6 is 0 Å². The van der Waals surface area contributed by atoms with Crippen LogP contribution in [0, 0.1) is 0 Å². The monoisotopic (exact) mass is 263 g/mol. The minimum Gasteiger partial charge on any atom is -0.302 e. The van der Waals surface area contributed by atoms with Gasteiger partial charge in [-0.1, -0.05) is 26.8 Å². The Kier molecular flexibility index (Phi) is 6.50. The zero-order chi connectivity index (χ0) is 14.3. The van der Waals surface area contributed by atoms with E-state index in [0.717, 1.165) is 25.5 Å². The van der Waals surface area contributed by atoms with Gasteiger partial charge in [0, 0.05) is 25.2 Å². The molecule has 0 spiro atoms. The number of carbonyl (C=O) groups excluding carboxylic acids is 1. The van der Waals surface area contributed by atoms with Gasteiger partial charge in [0.25, 0.3) is 0 Å². The molecule has 4 nitrogen and oxygen atoms in total. The van der Waals surface area contributed by atoms with Crippen molar-refractivity contribution in [2.24, 2.45) is 0 Å². The lowest BCUT2D eigenvalue weighted by Crippen LogP contribution is -2.45. The highest BCUT2D eigenvalue weighted by Gasteiger charge is 2.22. The van der Waals surface area contributed by atoms with Crippen molar-refractivity contribution in [3.05, 3.63) is 24.4 Å². The van der Waals surface area contributed by atoms with E-state index >= 15 is 0 Å². The highest BCUT2D eigenvalue weighted by molar-refractivity contribution is 5.92. The lowest BCUT2D eigenvalue weighted by Gasteiger charge is -2.32. The highest BCUT2D eigenvalue weighted by atomic mass is 16.2. The molecule has 0 aliphatic carbocycles. The number of carbonyl (C=O) groups is 1. The van der Waals surface area contributed by atoms with E-state index in [1.807, 2.05) is 30.0 Å².